The molecular formula is C9H9BrO4. The molecule has 76 valence electrons. The predicted octanol–water partition coefficient (Wildman–Crippen LogP) is 1.52. The maximum atomic E-state index is 10.7. The molecule has 5 heteroatoms. The van der Waals surface area contributed by atoms with Gasteiger partial charge in [0.1, 0.15) is 12.0 Å². The van der Waals surface area contributed by atoms with Crippen LogP contribution in [-0.2, 0) is 10.2 Å². The number of rotatable bonds is 3. The molecule has 14 heavy (non-hydrogen) atoms. The van der Waals surface area contributed by atoms with Crippen molar-refractivity contribution in [1.29, 1.82) is 0 Å². The average Bonchev–Trinajstić information content (AvgIpc) is 2.83. The predicted molar refractivity (Wildman–Crippen MR) is 51.0 cm³/mol. The van der Waals surface area contributed by atoms with Crippen LogP contribution in [0, 0.1) is 0 Å². The van der Waals surface area contributed by atoms with Gasteiger partial charge in [-0.15, -0.1) is 0 Å². The number of carbonyl (C=O) groups is 1. The summed E-state index contributed by atoms with van der Waals surface area (Å²) in [6.07, 6.45) is 1.42. The largest absolute Gasteiger partial charge is 0.479 e. The molecule has 1 heterocycles. The maximum absolute atomic E-state index is 10.7. The summed E-state index contributed by atoms with van der Waals surface area (Å²) < 4.78 is 5.95. The van der Waals surface area contributed by atoms with Crippen LogP contribution in [0.2, 0.25) is 0 Å². The first kappa shape index (κ1) is 9.73. The zero-order valence-corrected chi connectivity index (χ0v) is 8.82. The van der Waals surface area contributed by atoms with Gasteiger partial charge in [0.2, 0.25) is 0 Å². The Morgan fingerprint density at radius 2 is 2.29 bits per heavy atom. The van der Waals surface area contributed by atoms with Gasteiger partial charge >= 0.3 is 5.97 Å². The number of carboxylic acid groups (broad SMARTS) is 1. The van der Waals surface area contributed by atoms with Crippen molar-refractivity contribution in [3.8, 4) is 0 Å². The molecule has 1 atom stereocenters. The van der Waals surface area contributed by atoms with Gasteiger partial charge in [0, 0.05) is 0 Å². The minimum Gasteiger partial charge on any atom is -0.479 e. The standard InChI is InChI=1S/C9H9BrO4/c10-5-3-6(14-4-5)9(1-2-9)7(11)8(12)13/h3-4,7,11H,1-2H2,(H,12,13). The van der Waals surface area contributed by atoms with E-state index in [1.54, 1.807) is 6.07 Å². The molecule has 0 amide bonds. The second-order valence-corrected chi connectivity index (χ2v) is 4.44. The quantitative estimate of drug-likeness (QED) is 0.865. The fourth-order valence-electron chi connectivity index (χ4n) is 1.60. The lowest BCUT2D eigenvalue weighted by Crippen LogP contribution is -2.33. The van der Waals surface area contributed by atoms with Crippen molar-refractivity contribution in [3.05, 3.63) is 22.6 Å². The molecule has 0 spiro atoms. The van der Waals surface area contributed by atoms with Crippen molar-refractivity contribution in [3.63, 3.8) is 0 Å². The highest BCUT2D eigenvalue weighted by molar-refractivity contribution is 9.10. The third-order valence-corrected chi connectivity index (χ3v) is 3.02. The number of halogens is 1. The summed E-state index contributed by atoms with van der Waals surface area (Å²) >= 11 is 3.22. The Morgan fingerprint density at radius 1 is 1.64 bits per heavy atom. The van der Waals surface area contributed by atoms with Gasteiger partial charge in [0.25, 0.3) is 0 Å². The van der Waals surface area contributed by atoms with Crippen LogP contribution in [-0.4, -0.2) is 22.3 Å². The van der Waals surface area contributed by atoms with Crippen molar-refractivity contribution < 1.29 is 19.4 Å². The zero-order valence-electron chi connectivity index (χ0n) is 7.24. The molecule has 1 aromatic rings. The number of hydrogen-bond donors (Lipinski definition) is 2. The summed E-state index contributed by atoms with van der Waals surface area (Å²) in [4.78, 5) is 10.7. The molecule has 1 aliphatic rings. The van der Waals surface area contributed by atoms with E-state index in [4.69, 9.17) is 9.52 Å². The number of carboxylic acids is 1. The van der Waals surface area contributed by atoms with Gasteiger partial charge in [-0.05, 0) is 34.8 Å². The van der Waals surface area contributed by atoms with Crippen molar-refractivity contribution in [2.45, 2.75) is 24.4 Å². The first-order chi connectivity index (χ1) is 6.56. The molecule has 2 rings (SSSR count). The summed E-state index contributed by atoms with van der Waals surface area (Å²) in [5, 5.41) is 18.2. The highest BCUT2D eigenvalue weighted by Gasteiger charge is 2.55. The van der Waals surface area contributed by atoms with E-state index in [9.17, 15) is 9.90 Å². The minimum absolute atomic E-state index is 0.541. The number of hydrogen-bond acceptors (Lipinski definition) is 3. The van der Waals surface area contributed by atoms with Crippen LogP contribution in [0.3, 0.4) is 0 Å². The average molecular weight is 261 g/mol. The summed E-state index contributed by atoms with van der Waals surface area (Å²) in [5.74, 6) is -0.658. The Balaban J connectivity index is 2.29. The second-order valence-electron chi connectivity index (χ2n) is 3.53. The highest BCUT2D eigenvalue weighted by Crippen LogP contribution is 2.51. The molecule has 1 fully saturated rings. The molecule has 1 saturated carbocycles. The lowest BCUT2D eigenvalue weighted by atomic mass is 9.96. The van der Waals surface area contributed by atoms with Gasteiger partial charge in [0.05, 0.1) is 9.89 Å². The van der Waals surface area contributed by atoms with Crippen LogP contribution in [0.25, 0.3) is 0 Å². The molecule has 0 aliphatic heterocycles. The van der Waals surface area contributed by atoms with Crippen LogP contribution >= 0.6 is 15.9 Å². The van der Waals surface area contributed by atoms with E-state index < -0.39 is 17.5 Å². The van der Waals surface area contributed by atoms with Crippen LogP contribution in [0.1, 0.15) is 18.6 Å². The zero-order chi connectivity index (χ0) is 10.3. The Bertz CT molecular complexity index is 367. The fraction of sp³-hybridized carbons (Fsp3) is 0.444. The van der Waals surface area contributed by atoms with E-state index >= 15 is 0 Å². The summed E-state index contributed by atoms with van der Waals surface area (Å²) in [6.45, 7) is 0. The minimum atomic E-state index is -1.37. The number of aliphatic hydroxyl groups is 1. The van der Waals surface area contributed by atoms with E-state index in [1.807, 2.05) is 0 Å². The smallest absolute Gasteiger partial charge is 0.333 e. The normalized spacial score (nSPS) is 20.4. The SMILES string of the molecule is O=C(O)C(O)C1(c2cc(Br)co2)CC1. The lowest BCUT2D eigenvalue weighted by Gasteiger charge is -2.15. The van der Waals surface area contributed by atoms with E-state index in [1.165, 1.54) is 6.26 Å². The van der Waals surface area contributed by atoms with Crippen molar-refractivity contribution in [1.82, 2.24) is 0 Å². The van der Waals surface area contributed by atoms with Crippen LogP contribution in [0.5, 0.6) is 0 Å². The summed E-state index contributed by atoms with van der Waals surface area (Å²) in [5.41, 5.74) is -0.697. The third-order valence-electron chi connectivity index (χ3n) is 2.60. The van der Waals surface area contributed by atoms with E-state index in [2.05, 4.69) is 15.9 Å². The van der Waals surface area contributed by atoms with Crippen LogP contribution < -0.4 is 0 Å². The number of furan rings is 1. The van der Waals surface area contributed by atoms with Gasteiger partial charge in [-0.2, -0.15) is 0 Å². The Kier molecular flexibility index (Phi) is 2.16. The first-order valence-electron chi connectivity index (χ1n) is 4.22. The third kappa shape index (κ3) is 1.36. The molecule has 0 saturated heterocycles. The monoisotopic (exact) mass is 260 g/mol. The first-order valence-corrected chi connectivity index (χ1v) is 5.01. The van der Waals surface area contributed by atoms with E-state index in [0.717, 1.165) is 4.47 Å². The Morgan fingerprint density at radius 3 is 2.64 bits per heavy atom. The lowest BCUT2D eigenvalue weighted by molar-refractivity contribution is -0.148. The fourth-order valence-corrected chi connectivity index (χ4v) is 1.90. The molecule has 4 nitrogen and oxygen atoms in total. The van der Waals surface area contributed by atoms with Crippen molar-refractivity contribution in [2.24, 2.45) is 0 Å². The van der Waals surface area contributed by atoms with Gasteiger partial charge < -0.3 is 14.6 Å². The molecule has 1 unspecified atom stereocenters. The molecule has 0 bridgehead atoms. The summed E-state index contributed by atoms with van der Waals surface area (Å²) in [6, 6.07) is 1.71. The van der Waals surface area contributed by atoms with Crippen molar-refractivity contribution in [2.75, 3.05) is 0 Å². The van der Waals surface area contributed by atoms with Crippen molar-refractivity contribution >= 4 is 21.9 Å². The topological polar surface area (TPSA) is 70.7 Å². The van der Waals surface area contributed by atoms with Gasteiger partial charge in [-0.25, -0.2) is 4.79 Å². The Labute approximate surface area is 88.7 Å². The van der Waals surface area contributed by atoms with Crippen LogP contribution in [0.4, 0.5) is 0 Å². The van der Waals surface area contributed by atoms with Gasteiger partial charge in [-0.3, -0.25) is 0 Å². The van der Waals surface area contributed by atoms with Gasteiger partial charge in [0.15, 0.2) is 6.10 Å². The second kappa shape index (κ2) is 3.10. The van der Waals surface area contributed by atoms with Gasteiger partial charge in [-0.1, -0.05) is 0 Å². The van der Waals surface area contributed by atoms with Crippen LogP contribution in [0.15, 0.2) is 21.2 Å². The van der Waals surface area contributed by atoms with E-state index in [-0.39, 0.29) is 0 Å². The summed E-state index contributed by atoms with van der Waals surface area (Å²) in [7, 11) is 0. The highest BCUT2D eigenvalue weighted by atomic mass is 79.9. The number of aliphatic carboxylic acids is 1. The maximum Gasteiger partial charge on any atom is 0.333 e. The molecule has 2 N–H and O–H groups in total. The molecular weight excluding hydrogens is 252 g/mol. The Hall–Kier alpha value is -0.810. The molecule has 0 radical (unpaired) electrons. The van der Waals surface area contributed by atoms with E-state index in [0.29, 0.717) is 18.6 Å². The molecule has 1 aromatic heterocycles. The number of aliphatic hydroxyl groups excluding tert-OH is 1. The molecule has 1 aliphatic carbocycles. The molecule has 0 aromatic carbocycles.